The highest BCUT2D eigenvalue weighted by atomic mass is 127. The summed E-state index contributed by atoms with van der Waals surface area (Å²) in [6.45, 7) is 13.8. The van der Waals surface area contributed by atoms with Crippen LogP contribution in [0.15, 0.2) is 4.99 Å². The molecule has 0 aromatic heterocycles. The molecule has 0 saturated carbocycles. The molecule has 25 heavy (non-hydrogen) atoms. The normalized spacial score (nSPS) is 20.0. The number of likely N-dealkylation sites (tertiary alicyclic amines) is 1. The molecule has 2 unspecified atom stereocenters. The number of hydrogen-bond donors (Lipinski definition) is 2. The zero-order valence-electron chi connectivity index (χ0n) is 16.6. The van der Waals surface area contributed by atoms with Gasteiger partial charge in [0.1, 0.15) is 0 Å². The lowest BCUT2D eigenvalue weighted by molar-refractivity contribution is 0.0698. The Morgan fingerprint density at radius 2 is 2.08 bits per heavy atom. The minimum Gasteiger partial charge on any atom is -0.382 e. The van der Waals surface area contributed by atoms with Gasteiger partial charge in [0.15, 0.2) is 5.96 Å². The quantitative estimate of drug-likeness (QED) is 0.210. The third-order valence-electron chi connectivity index (χ3n) is 4.36. The summed E-state index contributed by atoms with van der Waals surface area (Å²) >= 11 is 0. The van der Waals surface area contributed by atoms with E-state index in [0.29, 0.717) is 19.3 Å². The molecule has 0 spiro atoms. The topological polar surface area (TPSA) is 58.1 Å². The Hall–Kier alpha value is -0.120. The van der Waals surface area contributed by atoms with Crippen molar-refractivity contribution in [2.45, 2.75) is 46.1 Å². The van der Waals surface area contributed by atoms with E-state index in [1.54, 1.807) is 7.11 Å². The molecule has 0 amide bonds. The summed E-state index contributed by atoms with van der Waals surface area (Å²) in [5.41, 5.74) is 0. The first-order chi connectivity index (χ1) is 11.7. The van der Waals surface area contributed by atoms with Gasteiger partial charge in [-0.1, -0.05) is 6.92 Å². The Morgan fingerprint density at radius 1 is 1.28 bits per heavy atom. The van der Waals surface area contributed by atoms with Crippen LogP contribution < -0.4 is 10.6 Å². The average molecular weight is 470 g/mol. The maximum atomic E-state index is 5.47. The molecule has 1 heterocycles. The molecule has 0 bridgehead atoms. The van der Waals surface area contributed by atoms with Gasteiger partial charge in [-0.05, 0) is 45.6 Å². The lowest BCUT2D eigenvalue weighted by Crippen LogP contribution is -2.43. The van der Waals surface area contributed by atoms with E-state index in [-0.39, 0.29) is 24.0 Å². The van der Waals surface area contributed by atoms with Gasteiger partial charge in [-0.15, -0.1) is 24.0 Å². The van der Waals surface area contributed by atoms with Crippen molar-refractivity contribution in [2.75, 3.05) is 59.7 Å². The van der Waals surface area contributed by atoms with Gasteiger partial charge < -0.3 is 20.1 Å². The van der Waals surface area contributed by atoms with Crippen molar-refractivity contribution in [3.8, 4) is 0 Å². The summed E-state index contributed by atoms with van der Waals surface area (Å²) in [7, 11) is 1.69. The first kappa shape index (κ1) is 24.9. The SMILES string of the molecule is CCNC(=NCC(C)N1CCCC(C)C1)NCCCOCCOC.I. The zero-order chi connectivity index (χ0) is 17.6. The minimum absolute atomic E-state index is 0. The number of rotatable bonds is 11. The van der Waals surface area contributed by atoms with Gasteiger partial charge in [-0.2, -0.15) is 0 Å². The van der Waals surface area contributed by atoms with E-state index in [9.17, 15) is 0 Å². The van der Waals surface area contributed by atoms with Gasteiger partial charge in [-0.3, -0.25) is 9.89 Å². The van der Waals surface area contributed by atoms with E-state index >= 15 is 0 Å². The molecule has 1 rings (SSSR count). The first-order valence-electron chi connectivity index (χ1n) is 9.50. The Bertz CT molecular complexity index is 345. The van der Waals surface area contributed by atoms with Gasteiger partial charge in [0.2, 0.25) is 0 Å². The van der Waals surface area contributed by atoms with Gasteiger partial charge in [0.05, 0.1) is 19.8 Å². The van der Waals surface area contributed by atoms with E-state index < -0.39 is 0 Å². The second-order valence-corrected chi connectivity index (χ2v) is 6.70. The van der Waals surface area contributed by atoms with Crippen LogP contribution >= 0.6 is 24.0 Å². The Labute approximate surface area is 171 Å². The van der Waals surface area contributed by atoms with Gasteiger partial charge in [0.25, 0.3) is 0 Å². The van der Waals surface area contributed by atoms with Crippen molar-refractivity contribution < 1.29 is 9.47 Å². The van der Waals surface area contributed by atoms with Crippen molar-refractivity contribution in [3.63, 3.8) is 0 Å². The molecule has 0 aliphatic carbocycles. The van der Waals surface area contributed by atoms with E-state index in [4.69, 9.17) is 14.5 Å². The number of hydrogen-bond acceptors (Lipinski definition) is 4. The van der Waals surface area contributed by atoms with Crippen LogP contribution in [-0.2, 0) is 9.47 Å². The van der Waals surface area contributed by atoms with Gasteiger partial charge in [-0.25, -0.2) is 0 Å². The highest BCUT2D eigenvalue weighted by Crippen LogP contribution is 2.17. The zero-order valence-corrected chi connectivity index (χ0v) is 18.9. The number of ether oxygens (including phenoxy) is 2. The molecule has 7 heteroatoms. The van der Waals surface area contributed by atoms with Gasteiger partial charge in [0, 0.05) is 39.4 Å². The third-order valence-corrected chi connectivity index (χ3v) is 4.36. The number of aliphatic imine (C=N–C) groups is 1. The number of guanidine groups is 1. The second kappa shape index (κ2) is 16.1. The second-order valence-electron chi connectivity index (χ2n) is 6.70. The number of piperidine rings is 1. The molecule has 2 N–H and O–H groups in total. The number of nitrogens with one attached hydrogen (secondary N) is 2. The van der Waals surface area contributed by atoms with Crippen LogP contribution in [0.4, 0.5) is 0 Å². The predicted molar refractivity (Wildman–Crippen MR) is 116 cm³/mol. The molecule has 0 radical (unpaired) electrons. The third kappa shape index (κ3) is 12.0. The summed E-state index contributed by atoms with van der Waals surface area (Å²) in [6.07, 6.45) is 3.65. The lowest BCUT2D eigenvalue weighted by Gasteiger charge is -2.35. The molecule has 0 aromatic carbocycles. The first-order valence-corrected chi connectivity index (χ1v) is 9.50. The largest absolute Gasteiger partial charge is 0.382 e. The van der Waals surface area contributed by atoms with Crippen molar-refractivity contribution in [1.29, 1.82) is 0 Å². The van der Waals surface area contributed by atoms with Crippen molar-refractivity contribution in [3.05, 3.63) is 0 Å². The monoisotopic (exact) mass is 470 g/mol. The van der Waals surface area contributed by atoms with Crippen LogP contribution in [0.3, 0.4) is 0 Å². The highest BCUT2D eigenvalue weighted by molar-refractivity contribution is 14.0. The smallest absolute Gasteiger partial charge is 0.191 e. The average Bonchev–Trinajstić information content (AvgIpc) is 2.58. The van der Waals surface area contributed by atoms with E-state index in [0.717, 1.165) is 44.5 Å². The molecule has 1 saturated heterocycles. The van der Waals surface area contributed by atoms with Crippen molar-refractivity contribution >= 4 is 29.9 Å². The fourth-order valence-corrected chi connectivity index (χ4v) is 2.93. The number of nitrogens with zero attached hydrogens (tertiary/aromatic N) is 2. The molecule has 1 aliphatic heterocycles. The van der Waals surface area contributed by atoms with Crippen molar-refractivity contribution in [1.82, 2.24) is 15.5 Å². The Kier molecular flexibility index (Phi) is 16.0. The van der Waals surface area contributed by atoms with Crippen LogP contribution in [0.25, 0.3) is 0 Å². The van der Waals surface area contributed by atoms with E-state index in [2.05, 4.69) is 36.3 Å². The number of halogens is 1. The Morgan fingerprint density at radius 3 is 2.76 bits per heavy atom. The van der Waals surface area contributed by atoms with Crippen LogP contribution in [0, 0.1) is 5.92 Å². The van der Waals surface area contributed by atoms with Crippen LogP contribution in [-0.4, -0.2) is 76.6 Å². The van der Waals surface area contributed by atoms with Crippen LogP contribution in [0.2, 0.25) is 0 Å². The summed E-state index contributed by atoms with van der Waals surface area (Å²) < 4.78 is 10.4. The summed E-state index contributed by atoms with van der Waals surface area (Å²) in [5, 5.41) is 6.71. The van der Waals surface area contributed by atoms with E-state index in [1.807, 2.05) is 0 Å². The highest BCUT2D eigenvalue weighted by Gasteiger charge is 2.20. The molecule has 1 aliphatic rings. The van der Waals surface area contributed by atoms with Gasteiger partial charge >= 0.3 is 0 Å². The van der Waals surface area contributed by atoms with Crippen molar-refractivity contribution in [2.24, 2.45) is 10.9 Å². The number of methoxy groups -OCH3 is 1. The maximum absolute atomic E-state index is 5.47. The van der Waals surface area contributed by atoms with E-state index in [1.165, 1.54) is 25.9 Å². The van der Waals surface area contributed by atoms with Crippen LogP contribution in [0.1, 0.15) is 40.0 Å². The maximum Gasteiger partial charge on any atom is 0.191 e. The molecule has 0 aromatic rings. The molecule has 150 valence electrons. The molecular weight excluding hydrogens is 431 g/mol. The minimum atomic E-state index is 0. The standard InChI is InChI=1S/C18H38N4O2.HI/c1-5-19-18(20-9-7-11-24-13-12-23-4)21-14-17(3)22-10-6-8-16(2)15-22;/h16-17H,5-15H2,1-4H3,(H2,19,20,21);1H. The molecular formula is C18H39IN4O2. The Balaban J connectivity index is 0.00000576. The summed E-state index contributed by atoms with van der Waals surface area (Å²) in [6, 6.07) is 0.501. The predicted octanol–water partition coefficient (Wildman–Crippen LogP) is 2.33. The fourth-order valence-electron chi connectivity index (χ4n) is 2.93. The molecule has 2 atom stereocenters. The molecule has 6 nitrogen and oxygen atoms in total. The lowest BCUT2D eigenvalue weighted by atomic mass is 9.99. The summed E-state index contributed by atoms with van der Waals surface area (Å²) in [4.78, 5) is 7.33. The summed E-state index contributed by atoms with van der Waals surface area (Å²) in [5.74, 6) is 1.72. The molecule has 1 fully saturated rings. The van der Waals surface area contributed by atoms with Crippen LogP contribution in [0.5, 0.6) is 0 Å². The fraction of sp³-hybridized carbons (Fsp3) is 0.944.